The lowest BCUT2D eigenvalue weighted by atomic mass is 10.1. The first kappa shape index (κ1) is 13.5. The predicted molar refractivity (Wildman–Crippen MR) is 81.3 cm³/mol. The lowest BCUT2D eigenvalue weighted by Crippen LogP contribution is -2.27. The Bertz CT molecular complexity index is 642. The van der Waals surface area contributed by atoms with Gasteiger partial charge in [0.25, 0.3) is 5.91 Å². The molecule has 0 bridgehead atoms. The summed E-state index contributed by atoms with van der Waals surface area (Å²) >= 11 is 0. The number of phenols is 1. The third-order valence-corrected chi connectivity index (χ3v) is 3.68. The van der Waals surface area contributed by atoms with Gasteiger partial charge in [0.2, 0.25) is 0 Å². The maximum atomic E-state index is 12.2. The van der Waals surface area contributed by atoms with Gasteiger partial charge in [-0.2, -0.15) is 0 Å². The van der Waals surface area contributed by atoms with Crippen molar-refractivity contribution in [2.24, 2.45) is 0 Å². The summed E-state index contributed by atoms with van der Waals surface area (Å²) in [6.07, 6.45) is 4.79. The molecular weight excluding hydrogens is 266 g/mol. The number of carbonyl (C=O) groups excluding carboxylic acids is 1. The van der Waals surface area contributed by atoms with E-state index in [1.165, 1.54) is 0 Å². The van der Waals surface area contributed by atoms with Crippen LogP contribution in [0.5, 0.6) is 5.75 Å². The van der Waals surface area contributed by atoms with Gasteiger partial charge in [0.05, 0.1) is 5.69 Å². The molecule has 21 heavy (non-hydrogen) atoms. The van der Waals surface area contributed by atoms with Crippen molar-refractivity contribution in [2.45, 2.75) is 25.3 Å². The summed E-state index contributed by atoms with van der Waals surface area (Å²) in [5.74, 6) is 0.165. The SMILES string of the molecule is Nc1cc(C(=O)NCCc2ccc(O)cc2)n(C2CC2)c1. The Balaban J connectivity index is 1.58. The van der Waals surface area contributed by atoms with Crippen molar-refractivity contribution >= 4 is 11.6 Å². The van der Waals surface area contributed by atoms with Crippen molar-refractivity contribution in [3.8, 4) is 5.75 Å². The van der Waals surface area contributed by atoms with Gasteiger partial charge in [-0.3, -0.25) is 4.79 Å². The van der Waals surface area contributed by atoms with Gasteiger partial charge in [-0.25, -0.2) is 0 Å². The largest absolute Gasteiger partial charge is 0.508 e. The number of benzene rings is 1. The summed E-state index contributed by atoms with van der Waals surface area (Å²) in [7, 11) is 0. The highest BCUT2D eigenvalue weighted by Crippen LogP contribution is 2.37. The van der Waals surface area contributed by atoms with Crippen LogP contribution in [-0.4, -0.2) is 22.1 Å². The fraction of sp³-hybridized carbons (Fsp3) is 0.312. The zero-order chi connectivity index (χ0) is 14.8. The number of nitrogens with one attached hydrogen (secondary N) is 1. The standard InChI is InChI=1S/C16H19N3O2/c17-12-9-15(19(10-12)13-3-4-13)16(21)18-8-7-11-1-5-14(20)6-2-11/h1-2,5-6,9-10,13,20H,3-4,7-8,17H2,(H,18,21). The molecule has 1 aliphatic carbocycles. The first-order valence-corrected chi connectivity index (χ1v) is 7.17. The highest BCUT2D eigenvalue weighted by molar-refractivity contribution is 5.93. The van der Waals surface area contributed by atoms with Crippen LogP contribution in [0.25, 0.3) is 0 Å². The van der Waals surface area contributed by atoms with E-state index in [0.717, 1.165) is 24.8 Å². The van der Waals surface area contributed by atoms with Crippen molar-refractivity contribution in [1.82, 2.24) is 9.88 Å². The van der Waals surface area contributed by atoms with E-state index < -0.39 is 0 Å². The molecule has 1 aromatic heterocycles. The minimum atomic E-state index is -0.0858. The summed E-state index contributed by atoms with van der Waals surface area (Å²) in [4.78, 5) is 12.2. The van der Waals surface area contributed by atoms with E-state index in [4.69, 9.17) is 5.73 Å². The van der Waals surface area contributed by atoms with E-state index in [-0.39, 0.29) is 11.7 Å². The average Bonchev–Trinajstić information content (AvgIpc) is 3.23. The van der Waals surface area contributed by atoms with Crippen LogP contribution < -0.4 is 11.1 Å². The number of carbonyl (C=O) groups is 1. The minimum Gasteiger partial charge on any atom is -0.508 e. The molecule has 110 valence electrons. The maximum Gasteiger partial charge on any atom is 0.268 e. The molecule has 0 unspecified atom stereocenters. The summed E-state index contributed by atoms with van der Waals surface area (Å²) in [6, 6.07) is 9.17. The van der Waals surface area contributed by atoms with E-state index in [9.17, 15) is 9.90 Å². The van der Waals surface area contributed by atoms with E-state index in [0.29, 0.717) is 24.0 Å². The Morgan fingerprint density at radius 2 is 2.05 bits per heavy atom. The van der Waals surface area contributed by atoms with Crippen LogP contribution in [0, 0.1) is 0 Å². The number of amides is 1. The second-order valence-corrected chi connectivity index (χ2v) is 5.47. The topological polar surface area (TPSA) is 80.3 Å². The third kappa shape index (κ3) is 3.18. The molecule has 1 fully saturated rings. The number of nitrogen functional groups attached to an aromatic ring is 1. The van der Waals surface area contributed by atoms with Gasteiger partial charge >= 0.3 is 0 Å². The molecule has 1 aromatic carbocycles. The lowest BCUT2D eigenvalue weighted by Gasteiger charge is -2.08. The van der Waals surface area contributed by atoms with Crippen molar-refractivity contribution < 1.29 is 9.90 Å². The molecular formula is C16H19N3O2. The molecule has 4 N–H and O–H groups in total. The zero-order valence-corrected chi connectivity index (χ0v) is 11.7. The molecule has 5 nitrogen and oxygen atoms in total. The number of aromatic nitrogens is 1. The van der Waals surface area contributed by atoms with Gasteiger partial charge < -0.3 is 20.7 Å². The Labute approximate surface area is 123 Å². The van der Waals surface area contributed by atoms with Crippen LogP contribution in [0.2, 0.25) is 0 Å². The quantitative estimate of drug-likeness (QED) is 0.787. The second kappa shape index (κ2) is 5.52. The molecule has 0 atom stereocenters. The highest BCUT2D eigenvalue weighted by atomic mass is 16.3. The average molecular weight is 285 g/mol. The van der Waals surface area contributed by atoms with Crippen molar-refractivity contribution in [3.63, 3.8) is 0 Å². The second-order valence-electron chi connectivity index (χ2n) is 5.47. The smallest absolute Gasteiger partial charge is 0.268 e. The number of rotatable bonds is 5. The molecule has 2 aromatic rings. The van der Waals surface area contributed by atoms with Gasteiger partial charge in [0.15, 0.2) is 0 Å². The van der Waals surface area contributed by atoms with Crippen LogP contribution >= 0.6 is 0 Å². The van der Waals surface area contributed by atoms with Crippen LogP contribution in [0.15, 0.2) is 36.5 Å². The molecule has 1 saturated carbocycles. The molecule has 0 spiro atoms. The monoisotopic (exact) mass is 285 g/mol. The maximum absolute atomic E-state index is 12.2. The number of phenolic OH excluding ortho intramolecular Hbond substituents is 1. The zero-order valence-electron chi connectivity index (χ0n) is 11.7. The molecule has 1 heterocycles. The first-order valence-electron chi connectivity index (χ1n) is 7.17. The Hall–Kier alpha value is -2.43. The number of hydrogen-bond acceptors (Lipinski definition) is 3. The molecule has 5 heteroatoms. The lowest BCUT2D eigenvalue weighted by molar-refractivity contribution is 0.0944. The fourth-order valence-corrected chi connectivity index (χ4v) is 2.41. The predicted octanol–water partition coefficient (Wildman–Crippen LogP) is 2.08. The van der Waals surface area contributed by atoms with Crippen LogP contribution in [0.3, 0.4) is 0 Å². The van der Waals surface area contributed by atoms with Gasteiger partial charge in [-0.1, -0.05) is 12.1 Å². The number of hydrogen-bond donors (Lipinski definition) is 3. The van der Waals surface area contributed by atoms with E-state index in [1.54, 1.807) is 18.2 Å². The molecule has 0 radical (unpaired) electrons. The summed E-state index contributed by atoms with van der Waals surface area (Å²) in [5, 5.41) is 12.1. The third-order valence-electron chi connectivity index (χ3n) is 3.68. The number of nitrogens with zero attached hydrogens (tertiary/aromatic N) is 1. The molecule has 1 aliphatic rings. The highest BCUT2D eigenvalue weighted by Gasteiger charge is 2.27. The van der Waals surface area contributed by atoms with Crippen LogP contribution in [0.1, 0.15) is 34.9 Å². The first-order chi connectivity index (χ1) is 10.1. The number of nitrogens with two attached hydrogens (primary N) is 1. The van der Waals surface area contributed by atoms with Crippen molar-refractivity contribution in [2.75, 3.05) is 12.3 Å². The molecule has 1 amide bonds. The normalized spacial score (nSPS) is 14.1. The van der Waals surface area contributed by atoms with Gasteiger partial charge in [0.1, 0.15) is 11.4 Å². The van der Waals surface area contributed by atoms with Gasteiger partial charge in [-0.05, 0) is 43.0 Å². The Morgan fingerprint density at radius 3 is 2.71 bits per heavy atom. The Morgan fingerprint density at radius 1 is 1.33 bits per heavy atom. The summed E-state index contributed by atoms with van der Waals surface area (Å²) < 4.78 is 1.98. The molecule has 0 aliphatic heterocycles. The Kier molecular flexibility index (Phi) is 3.56. The number of anilines is 1. The summed E-state index contributed by atoms with van der Waals surface area (Å²) in [5.41, 5.74) is 8.14. The van der Waals surface area contributed by atoms with E-state index in [1.807, 2.05) is 22.9 Å². The van der Waals surface area contributed by atoms with Crippen LogP contribution in [-0.2, 0) is 6.42 Å². The fourth-order valence-electron chi connectivity index (χ4n) is 2.41. The van der Waals surface area contributed by atoms with Crippen LogP contribution in [0.4, 0.5) is 5.69 Å². The van der Waals surface area contributed by atoms with Crippen molar-refractivity contribution in [1.29, 1.82) is 0 Å². The van der Waals surface area contributed by atoms with Crippen molar-refractivity contribution in [3.05, 3.63) is 47.8 Å². The minimum absolute atomic E-state index is 0.0858. The van der Waals surface area contributed by atoms with E-state index in [2.05, 4.69) is 5.32 Å². The summed E-state index contributed by atoms with van der Waals surface area (Å²) in [6.45, 7) is 0.555. The molecule has 3 rings (SSSR count). The molecule has 0 saturated heterocycles. The number of aromatic hydroxyl groups is 1. The van der Waals surface area contributed by atoms with Gasteiger partial charge in [-0.15, -0.1) is 0 Å². The van der Waals surface area contributed by atoms with Gasteiger partial charge in [0, 0.05) is 18.8 Å². The van der Waals surface area contributed by atoms with E-state index >= 15 is 0 Å².